The molecule has 56 valence electrons. The second-order valence-electron chi connectivity index (χ2n) is 2.35. The van der Waals surface area contributed by atoms with Gasteiger partial charge in [0.25, 0.3) is 0 Å². The van der Waals surface area contributed by atoms with Crippen molar-refractivity contribution in [3.8, 4) is 0 Å². The highest BCUT2D eigenvalue weighted by atomic mass is 16.6. The first kappa shape index (κ1) is 7.21. The van der Waals surface area contributed by atoms with Crippen molar-refractivity contribution in [1.82, 2.24) is 0 Å². The summed E-state index contributed by atoms with van der Waals surface area (Å²) in [4.78, 5) is 14.6. The van der Waals surface area contributed by atoms with E-state index in [1.54, 1.807) is 13.8 Å². The third-order valence-corrected chi connectivity index (χ3v) is 1.26. The van der Waals surface area contributed by atoms with Gasteiger partial charge in [0, 0.05) is 0 Å². The summed E-state index contributed by atoms with van der Waals surface area (Å²) in [5, 5.41) is 0. The van der Waals surface area contributed by atoms with Crippen LogP contribution < -0.4 is 5.73 Å². The number of carbonyl (C=O) groups is 1. The zero-order chi connectivity index (χ0) is 7.72. The highest BCUT2D eigenvalue weighted by Crippen LogP contribution is 2.06. The number of aliphatic imine (C=N–C) groups is 1. The second kappa shape index (κ2) is 2.38. The molecule has 1 rings (SSSR count). The van der Waals surface area contributed by atoms with Crippen LogP contribution >= 0.6 is 0 Å². The van der Waals surface area contributed by atoms with Crippen LogP contribution in [0.2, 0.25) is 0 Å². The van der Waals surface area contributed by atoms with Crippen molar-refractivity contribution >= 4 is 11.9 Å². The largest absolute Gasteiger partial charge is 0.409 e. The minimum Gasteiger partial charge on any atom is -0.409 e. The first-order chi connectivity index (χ1) is 4.61. The van der Waals surface area contributed by atoms with Gasteiger partial charge in [-0.3, -0.25) is 0 Å². The summed E-state index contributed by atoms with van der Waals surface area (Å²) >= 11 is 0. The Bertz CT molecular complexity index is 186. The number of cyclic esters (lactones) is 1. The summed E-state index contributed by atoms with van der Waals surface area (Å²) in [5.74, 6) is 0.0322. The van der Waals surface area contributed by atoms with Crippen molar-refractivity contribution in [2.45, 2.75) is 25.9 Å². The van der Waals surface area contributed by atoms with Crippen LogP contribution in [0, 0.1) is 0 Å². The van der Waals surface area contributed by atoms with Crippen LogP contribution in [0.5, 0.6) is 0 Å². The topological polar surface area (TPSA) is 64.7 Å². The predicted octanol–water partition coefficient (Wildman–Crippen LogP) is -0.323. The molecule has 10 heavy (non-hydrogen) atoms. The van der Waals surface area contributed by atoms with E-state index in [2.05, 4.69) is 4.99 Å². The highest BCUT2D eigenvalue weighted by molar-refractivity contribution is 5.99. The fourth-order valence-corrected chi connectivity index (χ4v) is 0.669. The molecule has 1 heterocycles. The van der Waals surface area contributed by atoms with Crippen LogP contribution in [0.25, 0.3) is 0 Å². The molecule has 0 amide bonds. The van der Waals surface area contributed by atoms with E-state index >= 15 is 0 Å². The Morgan fingerprint density at radius 3 is 2.60 bits per heavy atom. The molecule has 2 atom stereocenters. The number of hydrogen-bond donors (Lipinski definition) is 1. The van der Waals surface area contributed by atoms with Crippen LogP contribution in [-0.4, -0.2) is 24.0 Å². The van der Waals surface area contributed by atoms with Crippen molar-refractivity contribution in [3.63, 3.8) is 0 Å². The molecular formula is C6H10N2O2. The molecule has 0 unspecified atom stereocenters. The molecule has 4 heteroatoms. The summed E-state index contributed by atoms with van der Waals surface area (Å²) in [7, 11) is 0. The Morgan fingerprint density at radius 1 is 1.80 bits per heavy atom. The quantitative estimate of drug-likeness (QED) is 0.510. The molecule has 0 bridgehead atoms. The second-order valence-corrected chi connectivity index (χ2v) is 2.35. The summed E-state index contributed by atoms with van der Waals surface area (Å²) in [6.07, 6.45) is 0. The number of carbonyl (C=O) groups excluding carboxylic acids is 1. The summed E-state index contributed by atoms with van der Waals surface area (Å²) in [5.41, 5.74) is 5.41. The maximum atomic E-state index is 10.7. The molecule has 1 aliphatic rings. The molecule has 0 saturated carbocycles. The lowest BCUT2D eigenvalue weighted by Crippen LogP contribution is -2.27. The molecule has 1 aliphatic heterocycles. The fourth-order valence-electron chi connectivity index (χ4n) is 0.669. The standard InChI is InChI=1S/C6H10N2O2/c1-3(7)5-8-4(2)6(9)10-5/h3-4H,7H2,1-2H3/t3-,4+/m1/s1. The van der Waals surface area contributed by atoms with Crippen LogP contribution in [-0.2, 0) is 9.53 Å². The van der Waals surface area contributed by atoms with Crippen molar-refractivity contribution in [1.29, 1.82) is 0 Å². The zero-order valence-corrected chi connectivity index (χ0v) is 6.00. The lowest BCUT2D eigenvalue weighted by atomic mass is 10.3. The van der Waals surface area contributed by atoms with Gasteiger partial charge in [0.05, 0.1) is 6.04 Å². The number of nitrogens with zero attached hydrogens (tertiary/aromatic N) is 1. The smallest absolute Gasteiger partial charge is 0.337 e. The van der Waals surface area contributed by atoms with E-state index in [1.807, 2.05) is 0 Å². The number of hydrogen-bond acceptors (Lipinski definition) is 4. The average Bonchev–Trinajstić information content (AvgIpc) is 2.13. The first-order valence-electron chi connectivity index (χ1n) is 3.16. The van der Waals surface area contributed by atoms with E-state index < -0.39 is 0 Å². The van der Waals surface area contributed by atoms with Gasteiger partial charge in [-0.25, -0.2) is 9.79 Å². The summed E-state index contributed by atoms with van der Waals surface area (Å²) in [6.45, 7) is 3.40. The van der Waals surface area contributed by atoms with Crippen LogP contribution in [0.3, 0.4) is 0 Å². The highest BCUT2D eigenvalue weighted by Gasteiger charge is 2.26. The van der Waals surface area contributed by atoms with Gasteiger partial charge in [-0.15, -0.1) is 0 Å². The van der Waals surface area contributed by atoms with Gasteiger partial charge in [-0.05, 0) is 13.8 Å². The van der Waals surface area contributed by atoms with Crippen LogP contribution in [0.4, 0.5) is 0 Å². The number of rotatable bonds is 1. The third-order valence-electron chi connectivity index (χ3n) is 1.26. The molecule has 0 aromatic rings. The number of esters is 1. The number of ether oxygens (including phenoxy) is 1. The summed E-state index contributed by atoms with van der Waals surface area (Å²) in [6, 6.07) is -0.658. The van der Waals surface area contributed by atoms with Crippen molar-refractivity contribution in [3.05, 3.63) is 0 Å². The van der Waals surface area contributed by atoms with Crippen molar-refractivity contribution in [2.75, 3.05) is 0 Å². The maximum Gasteiger partial charge on any atom is 0.337 e. The van der Waals surface area contributed by atoms with E-state index in [0.29, 0.717) is 5.90 Å². The third kappa shape index (κ3) is 1.16. The fraction of sp³-hybridized carbons (Fsp3) is 0.667. The molecule has 0 fully saturated rings. The number of nitrogens with two attached hydrogens (primary N) is 1. The molecule has 0 aromatic heterocycles. The van der Waals surface area contributed by atoms with Gasteiger partial charge >= 0.3 is 5.97 Å². The Labute approximate surface area is 59.1 Å². The Hall–Kier alpha value is -0.900. The van der Waals surface area contributed by atoms with Crippen LogP contribution in [0.15, 0.2) is 4.99 Å². The molecule has 2 N–H and O–H groups in total. The molecule has 0 aliphatic carbocycles. The molecule has 4 nitrogen and oxygen atoms in total. The minimum atomic E-state index is -0.374. The van der Waals surface area contributed by atoms with Crippen molar-refractivity contribution in [2.24, 2.45) is 10.7 Å². The monoisotopic (exact) mass is 142 g/mol. The normalized spacial score (nSPS) is 27.7. The van der Waals surface area contributed by atoms with E-state index in [4.69, 9.17) is 10.5 Å². The van der Waals surface area contributed by atoms with Crippen LogP contribution in [0.1, 0.15) is 13.8 Å². The summed E-state index contributed by atoms with van der Waals surface area (Å²) < 4.78 is 4.72. The Balaban J connectivity index is 2.67. The van der Waals surface area contributed by atoms with Gasteiger partial charge in [0.1, 0.15) is 6.04 Å². The van der Waals surface area contributed by atoms with Gasteiger partial charge in [-0.1, -0.05) is 0 Å². The Kier molecular flexibility index (Phi) is 1.72. The van der Waals surface area contributed by atoms with Crippen molar-refractivity contribution < 1.29 is 9.53 Å². The maximum absolute atomic E-state index is 10.7. The van der Waals surface area contributed by atoms with E-state index in [0.717, 1.165) is 0 Å². The predicted molar refractivity (Wildman–Crippen MR) is 36.6 cm³/mol. The van der Waals surface area contributed by atoms with E-state index in [1.165, 1.54) is 0 Å². The molecule has 0 radical (unpaired) electrons. The Morgan fingerprint density at radius 2 is 2.40 bits per heavy atom. The molecule has 0 spiro atoms. The van der Waals surface area contributed by atoms with E-state index in [-0.39, 0.29) is 18.1 Å². The van der Waals surface area contributed by atoms with Gasteiger partial charge < -0.3 is 10.5 Å². The average molecular weight is 142 g/mol. The molecule has 0 saturated heterocycles. The molecular weight excluding hydrogens is 132 g/mol. The minimum absolute atomic E-state index is 0.283. The van der Waals surface area contributed by atoms with Gasteiger partial charge in [0.15, 0.2) is 0 Å². The van der Waals surface area contributed by atoms with E-state index in [9.17, 15) is 4.79 Å². The lowest BCUT2D eigenvalue weighted by molar-refractivity contribution is -0.134. The SMILES string of the molecule is C[C@@H]1N=C([C@@H](C)N)OC1=O. The molecule has 0 aromatic carbocycles. The van der Waals surface area contributed by atoms with Gasteiger partial charge in [0.2, 0.25) is 5.90 Å². The lowest BCUT2D eigenvalue weighted by Gasteiger charge is -2.00. The first-order valence-corrected chi connectivity index (χ1v) is 3.16. The van der Waals surface area contributed by atoms with Gasteiger partial charge in [-0.2, -0.15) is 0 Å². The zero-order valence-electron chi connectivity index (χ0n) is 6.00.